The SMILES string of the molecule is CN1CCC(Oc2ccc(Nc3nc(O)c(/C=C4\C=Nc5ncccc54)s3)c(C(F)(F)F)c2)C1. The van der Waals surface area contributed by atoms with Gasteiger partial charge in [-0.05, 0) is 49.9 Å². The summed E-state index contributed by atoms with van der Waals surface area (Å²) < 4.78 is 47.2. The van der Waals surface area contributed by atoms with Crippen molar-refractivity contribution in [2.24, 2.45) is 4.99 Å². The summed E-state index contributed by atoms with van der Waals surface area (Å²) in [4.78, 5) is 14.8. The van der Waals surface area contributed by atoms with Crippen molar-refractivity contribution in [1.29, 1.82) is 0 Å². The van der Waals surface area contributed by atoms with E-state index in [2.05, 4.69) is 25.2 Å². The molecule has 2 aromatic heterocycles. The maximum absolute atomic E-state index is 13.8. The van der Waals surface area contributed by atoms with E-state index in [1.165, 1.54) is 12.1 Å². The number of rotatable bonds is 5. The fourth-order valence-corrected chi connectivity index (χ4v) is 4.72. The van der Waals surface area contributed by atoms with E-state index in [0.717, 1.165) is 41.5 Å². The van der Waals surface area contributed by atoms with Gasteiger partial charge in [0.15, 0.2) is 10.9 Å². The Morgan fingerprint density at radius 2 is 2.15 bits per heavy atom. The normalized spacial score (nSPS) is 19.1. The summed E-state index contributed by atoms with van der Waals surface area (Å²) in [6.07, 6.45) is 0.944. The number of benzene rings is 1. The number of likely N-dealkylation sites (tertiary alicyclic amines) is 1. The number of nitrogens with one attached hydrogen (secondary N) is 1. The van der Waals surface area contributed by atoms with Crippen LogP contribution in [0.1, 0.15) is 22.4 Å². The fourth-order valence-electron chi connectivity index (χ4n) is 3.89. The molecule has 4 heterocycles. The number of aromatic nitrogens is 2. The lowest BCUT2D eigenvalue weighted by Gasteiger charge is -2.18. The molecule has 2 aliphatic heterocycles. The number of thiazole rings is 1. The lowest BCUT2D eigenvalue weighted by Crippen LogP contribution is -2.21. The van der Waals surface area contributed by atoms with Gasteiger partial charge in [-0.15, -0.1) is 0 Å². The molecule has 0 aliphatic carbocycles. The van der Waals surface area contributed by atoms with Crippen LogP contribution in [0.2, 0.25) is 0 Å². The Morgan fingerprint density at radius 1 is 1.29 bits per heavy atom. The molecule has 3 aromatic rings. The Labute approximate surface area is 197 Å². The van der Waals surface area contributed by atoms with Gasteiger partial charge in [-0.1, -0.05) is 11.3 Å². The van der Waals surface area contributed by atoms with Crippen molar-refractivity contribution in [3.8, 4) is 11.6 Å². The minimum absolute atomic E-state index is 0.127. The van der Waals surface area contributed by atoms with Gasteiger partial charge in [0.2, 0.25) is 5.88 Å². The number of hydrogen-bond donors (Lipinski definition) is 2. The predicted molar refractivity (Wildman–Crippen MR) is 125 cm³/mol. The highest BCUT2D eigenvalue weighted by Gasteiger charge is 2.35. The standard InChI is InChI=1S/C23H20F3N5O2S/c1-31-8-6-15(12-31)33-14-4-5-18(17(10-14)23(24,25)26)29-22-30-21(32)19(34-22)9-13-11-28-20-16(13)3-2-7-27-20/h2-5,7,9-11,15,32H,6,8,12H2,1H3,(H,29,30)/b13-9+. The van der Waals surface area contributed by atoms with Gasteiger partial charge in [0.25, 0.3) is 0 Å². The van der Waals surface area contributed by atoms with Crippen molar-refractivity contribution in [3.63, 3.8) is 0 Å². The molecule has 176 valence electrons. The predicted octanol–water partition coefficient (Wildman–Crippen LogP) is 5.35. The van der Waals surface area contributed by atoms with Crippen molar-refractivity contribution in [3.05, 3.63) is 52.5 Å². The average Bonchev–Trinajstić information content (AvgIpc) is 3.48. The molecule has 0 radical (unpaired) electrons. The van der Waals surface area contributed by atoms with E-state index >= 15 is 0 Å². The largest absolute Gasteiger partial charge is 0.492 e. The van der Waals surface area contributed by atoms with Crippen LogP contribution in [0.3, 0.4) is 0 Å². The highest BCUT2D eigenvalue weighted by atomic mass is 32.1. The van der Waals surface area contributed by atoms with Crippen LogP contribution in [0.5, 0.6) is 11.6 Å². The summed E-state index contributed by atoms with van der Waals surface area (Å²) in [5.74, 6) is 0.445. The molecule has 1 atom stereocenters. The summed E-state index contributed by atoms with van der Waals surface area (Å²) in [6.45, 7) is 1.51. The lowest BCUT2D eigenvalue weighted by atomic mass is 10.1. The van der Waals surface area contributed by atoms with Crippen LogP contribution in [0, 0.1) is 0 Å². The highest BCUT2D eigenvalue weighted by molar-refractivity contribution is 7.16. The van der Waals surface area contributed by atoms with Crippen molar-refractivity contribution < 1.29 is 23.0 Å². The molecule has 5 rings (SSSR count). The number of aromatic hydroxyl groups is 1. The second-order valence-electron chi connectivity index (χ2n) is 8.06. The molecule has 7 nitrogen and oxygen atoms in total. The number of halogens is 3. The van der Waals surface area contributed by atoms with Crippen LogP contribution in [-0.2, 0) is 6.18 Å². The van der Waals surface area contributed by atoms with Gasteiger partial charge in [-0.25, -0.2) is 9.98 Å². The van der Waals surface area contributed by atoms with Crippen molar-refractivity contribution in [2.45, 2.75) is 18.7 Å². The summed E-state index contributed by atoms with van der Waals surface area (Å²) in [5, 5.41) is 13.1. The number of pyridine rings is 1. The van der Waals surface area contributed by atoms with Gasteiger partial charge in [0, 0.05) is 36.6 Å². The number of ether oxygens (including phenoxy) is 1. The molecule has 34 heavy (non-hydrogen) atoms. The van der Waals surface area contributed by atoms with Gasteiger partial charge >= 0.3 is 6.18 Å². The molecule has 1 aromatic carbocycles. The first kappa shape index (κ1) is 22.4. The zero-order chi connectivity index (χ0) is 23.9. The first-order valence-electron chi connectivity index (χ1n) is 10.5. The fraction of sp³-hybridized carbons (Fsp3) is 0.261. The van der Waals surface area contributed by atoms with E-state index in [1.807, 2.05) is 13.1 Å². The Hall–Kier alpha value is -3.44. The molecule has 1 saturated heterocycles. The van der Waals surface area contributed by atoms with Crippen molar-refractivity contribution >= 4 is 45.8 Å². The third-order valence-electron chi connectivity index (χ3n) is 5.53. The van der Waals surface area contributed by atoms with E-state index < -0.39 is 11.7 Å². The molecular weight excluding hydrogens is 467 g/mol. The van der Waals surface area contributed by atoms with Crippen molar-refractivity contribution in [1.82, 2.24) is 14.9 Å². The van der Waals surface area contributed by atoms with Gasteiger partial charge in [0.05, 0.1) is 16.1 Å². The molecular formula is C23H20F3N5O2S. The molecule has 11 heteroatoms. The second kappa shape index (κ2) is 8.73. The average molecular weight is 488 g/mol. The van der Waals surface area contributed by atoms with E-state index in [0.29, 0.717) is 17.2 Å². The van der Waals surface area contributed by atoms with Crippen LogP contribution in [0.15, 0.2) is 41.5 Å². The van der Waals surface area contributed by atoms with E-state index in [4.69, 9.17) is 4.74 Å². The molecule has 1 unspecified atom stereocenters. The molecule has 2 aliphatic rings. The number of hydrogen-bond acceptors (Lipinski definition) is 8. The first-order chi connectivity index (χ1) is 16.3. The summed E-state index contributed by atoms with van der Waals surface area (Å²) >= 11 is 1.03. The monoisotopic (exact) mass is 487 g/mol. The van der Waals surface area contributed by atoms with Crippen LogP contribution in [-0.4, -0.2) is 52.4 Å². The van der Waals surface area contributed by atoms with Crippen LogP contribution in [0.4, 0.5) is 29.8 Å². The zero-order valence-electron chi connectivity index (χ0n) is 18.0. The number of fused-ring (bicyclic) bond motifs is 1. The second-order valence-corrected chi connectivity index (χ2v) is 9.09. The Kier molecular flexibility index (Phi) is 5.74. The van der Waals surface area contributed by atoms with Gasteiger partial charge < -0.3 is 20.1 Å². The molecule has 0 saturated carbocycles. The summed E-state index contributed by atoms with van der Waals surface area (Å²) in [7, 11) is 1.94. The van der Waals surface area contributed by atoms with E-state index in [-0.39, 0.29) is 28.6 Å². The van der Waals surface area contributed by atoms with Crippen LogP contribution >= 0.6 is 11.3 Å². The van der Waals surface area contributed by atoms with E-state index in [9.17, 15) is 18.3 Å². The molecule has 2 N–H and O–H groups in total. The summed E-state index contributed by atoms with van der Waals surface area (Å²) in [6, 6.07) is 7.44. The third-order valence-corrected chi connectivity index (χ3v) is 6.44. The van der Waals surface area contributed by atoms with Crippen LogP contribution in [0.25, 0.3) is 11.6 Å². The maximum atomic E-state index is 13.8. The number of nitrogens with zero attached hydrogens (tertiary/aromatic N) is 4. The van der Waals surface area contributed by atoms with Crippen LogP contribution < -0.4 is 10.1 Å². The van der Waals surface area contributed by atoms with Crippen molar-refractivity contribution in [2.75, 3.05) is 25.5 Å². The van der Waals surface area contributed by atoms with Gasteiger partial charge in [-0.2, -0.15) is 18.2 Å². The Morgan fingerprint density at radius 3 is 2.91 bits per heavy atom. The highest BCUT2D eigenvalue weighted by Crippen LogP contribution is 2.41. The first-order valence-corrected chi connectivity index (χ1v) is 11.3. The zero-order valence-corrected chi connectivity index (χ0v) is 18.8. The summed E-state index contributed by atoms with van der Waals surface area (Å²) in [5.41, 5.74) is 0.485. The third kappa shape index (κ3) is 4.62. The number of allylic oxidation sites excluding steroid dienone is 1. The van der Waals surface area contributed by atoms with Gasteiger partial charge in [0.1, 0.15) is 11.9 Å². The Balaban J connectivity index is 1.39. The number of aliphatic imine (C=N–C) groups is 1. The number of likely N-dealkylation sites (N-methyl/N-ethyl adjacent to an activating group) is 1. The van der Waals surface area contributed by atoms with Gasteiger partial charge in [-0.3, -0.25) is 0 Å². The minimum Gasteiger partial charge on any atom is -0.492 e. The van der Waals surface area contributed by atoms with E-state index in [1.54, 1.807) is 24.6 Å². The Bertz CT molecular complexity index is 1290. The molecule has 0 amide bonds. The topological polar surface area (TPSA) is 82.9 Å². The maximum Gasteiger partial charge on any atom is 0.418 e. The lowest BCUT2D eigenvalue weighted by molar-refractivity contribution is -0.137. The quantitative estimate of drug-likeness (QED) is 0.505. The molecule has 0 bridgehead atoms. The molecule has 0 spiro atoms. The minimum atomic E-state index is -4.60. The smallest absolute Gasteiger partial charge is 0.418 e. The number of anilines is 2. The molecule has 1 fully saturated rings. The number of alkyl halides is 3.